The van der Waals surface area contributed by atoms with E-state index in [1.54, 1.807) is 11.0 Å². The predicted octanol–water partition coefficient (Wildman–Crippen LogP) is 2.12. The largest absolute Gasteiger partial charge is 0.481 e. The van der Waals surface area contributed by atoms with Crippen molar-refractivity contribution < 1.29 is 19.4 Å². The van der Waals surface area contributed by atoms with E-state index in [4.69, 9.17) is 4.74 Å². The number of likely N-dealkylation sites (tertiary alicyclic amines) is 1. The van der Waals surface area contributed by atoms with Crippen molar-refractivity contribution in [3.05, 3.63) is 17.5 Å². The first-order valence-corrected chi connectivity index (χ1v) is 8.46. The number of hydrogen-bond acceptors (Lipinski definition) is 4. The summed E-state index contributed by atoms with van der Waals surface area (Å²) in [5.74, 6) is -1.12. The lowest BCUT2D eigenvalue weighted by Gasteiger charge is -2.23. The Morgan fingerprint density at radius 2 is 2.08 bits per heavy atom. The molecule has 134 valence electrons. The molecule has 2 heterocycles. The molecule has 24 heavy (non-hydrogen) atoms. The second-order valence-electron chi connectivity index (χ2n) is 6.58. The molecule has 1 saturated heterocycles. The molecule has 0 bridgehead atoms. The van der Waals surface area contributed by atoms with Crippen LogP contribution in [0.25, 0.3) is 0 Å². The molecular weight excluding hydrogens is 310 g/mol. The van der Waals surface area contributed by atoms with Gasteiger partial charge in [0.1, 0.15) is 5.41 Å². The molecule has 1 atom stereocenters. The van der Waals surface area contributed by atoms with E-state index in [2.05, 4.69) is 18.9 Å². The smallest absolute Gasteiger partial charge is 0.313 e. The fraction of sp³-hybridized carbons (Fsp3) is 0.706. The molecule has 0 saturated carbocycles. The lowest BCUT2D eigenvalue weighted by atomic mass is 9.88. The van der Waals surface area contributed by atoms with Crippen molar-refractivity contribution in [2.75, 3.05) is 26.8 Å². The van der Waals surface area contributed by atoms with Crippen LogP contribution in [0.4, 0.5) is 0 Å². The Morgan fingerprint density at radius 1 is 1.42 bits per heavy atom. The third kappa shape index (κ3) is 3.31. The van der Waals surface area contributed by atoms with Crippen molar-refractivity contribution >= 4 is 11.9 Å². The molecular formula is C17H27N3O4. The number of carboxylic acid groups (broad SMARTS) is 1. The van der Waals surface area contributed by atoms with Gasteiger partial charge in [0, 0.05) is 25.9 Å². The van der Waals surface area contributed by atoms with Gasteiger partial charge in [0.15, 0.2) is 5.69 Å². The molecule has 7 nitrogen and oxygen atoms in total. The lowest BCUT2D eigenvalue weighted by Crippen LogP contribution is -2.40. The summed E-state index contributed by atoms with van der Waals surface area (Å²) in [6.07, 6.45) is 2.30. The van der Waals surface area contributed by atoms with Crippen LogP contribution in [-0.2, 0) is 9.53 Å². The van der Waals surface area contributed by atoms with Crippen LogP contribution in [0, 0.1) is 12.3 Å². The van der Waals surface area contributed by atoms with Gasteiger partial charge in [-0.05, 0) is 32.3 Å². The molecule has 0 spiro atoms. The van der Waals surface area contributed by atoms with Crippen molar-refractivity contribution in [2.45, 2.75) is 46.1 Å². The van der Waals surface area contributed by atoms with E-state index in [1.165, 1.54) is 7.11 Å². The molecule has 1 unspecified atom stereocenters. The number of carbonyl (C=O) groups is 2. The quantitative estimate of drug-likeness (QED) is 0.824. The van der Waals surface area contributed by atoms with E-state index >= 15 is 0 Å². The minimum atomic E-state index is -1.02. The molecule has 1 fully saturated rings. The first kappa shape index (κ1) is 18.4. The highest BCUT2D eigenvalue weighted by molar-refractivity contribution is 5.93. The summed E-state index contributed by atoms with van der Waals surface area (Å²) < 4.78 is 6.98. The molecule has 1 aliphatic heterocycles. The molecule has 1 aliphatic rings. The predicted molar refractivity (Wildman–Crippen MR) is 89.0 cm³/mol. The minimum absolute atomic E-state index is 0.104. The average molecular weight is 337 g/mol. The van der Waals surface area contributed by atoms with Crippen LogP contribution in [0.5, 0.6) is 0 Å². The SMILES string of the molecule is CCC(CC)n1nc(C(=O)N2CCC(COC)(C(=O)O)C2)cc1C. The summed E-state index contributed by atoms with van der Waals surface area (Å²) in [4.78, 5) is 25.9. The Bertz CT molecular complexity index is 609. The number of aliphatic carboxylic acids is 1. The number of carboxylic acids is 1. The summed E-state index contributed by atoms with van der Waals surface area (Å²) in [5, 5.41) is 14.0. The zero-order chi connectivity index (χ0) is 17.9. The fourth-order valence-electron chi connectivity index (χ4n) is 3.43. The molecule has 0 aliphatic carbocycles. The molecule has 2 rings (SSSR count). The molecule has 0 aromatic carbocycles. The van der Waals surface area contributed by atoms with Crippen molar-refractivity contribution in [1.29, 1.82) is 0 Å². The van der Waals surface area contributed by atoms with Gasteiger partial charge in [-0.15, -0.1) is 0 Å². The average Bonchev–Trinajstić information content (AvgIpc) is 3.14. The number of methoxy groups -OCH3 is 1. The number of nitrogens with zero attached hydrogens (tertiary/aromatic N) is 3. The summed E-state index contributed by atoms with van der Waals surface area (Å²) in [6, 6.07) is 2.06. The number of hydrogen-bond donors (Lipinski definition) is 1. The zero-order valence-corrected chi connectivity index (χ0v) is 14.9. The van der Waals surface area contributed by atoms with Crippen LogP contribution in [-0.4, -0.2) is 58.5 Å². The number of aromatic nitrogens is 2. The van der Waals surface area contributed by atoms with Crippen LogP contribution < -0.4 is 0 Å². The first-order chi connectivity index (χ1) is 11.4. The Labute approximate surface area is 142 Å². The van der Waals surface area contributed by atoms with E-state index in [0.717, 1.165) is 18.5 Å². The van der Waals surface area contributed by atoms with Gasteiger partial charge in [0.05, 0.1) is 12.6 Å². The molecule has 1 aromatic heterocycles. The van der Waals surface area contributed by atoms with Crippen LogP contribution >= 0.6 is 0 Å². The monoisotopic (exact) mass is 337 g/mol. The maximum absolute atomic E-state index is 12.7. The number of ether oxygens (including phenoxy) is 1. The van der Waals surface area contributed by atoms with Gasteiger partial charge in [-0.2, -0.15) is 5.10 Å². The Balaban J connectivity index is 2.19. The standard InChI is InChI=1S/C17H27N3O4/c1-5-13(6-2)20-12(3)9-14(18-20)15(21)19-8-7-17(10-19,11-24-4)16(22)23/h9,13H,5-8,10-11H2,1-4H3,(H,22,23). The van der Waals surface area contributed by atoms with Crippen molar-refractivity contribution in [2.24, 2.45) is 5.41 Å². The molecule has 0 radical (unpaired) electrons. The van der Waals surface area contributed by atoms with Crippen LogP contribution in [0.1, 0.15) is 55.3 Å². The second-order valence-corrected chi connectivity index (χ2v) is 6.58. The van der Waals surface area contributed by atoms with E-state index in [0.29, 0.717) is 18.7 Å². The molecule has 1 amide bonds. The lowest BCUT2D eigenvalue weighted by molar-refractivity contribution is -0.151. The molecule has 7 heteroatoms. The third-order valence-corrected chi connectivity index (χ3v) is 4.95. The summed E-state index contributed by atoms with van der Waals surface area (Å²) in [6.45, 7) is 6.82. The topological polar surface area (TPSA) is 84.7 Å². The number of carbonyl (C=O) groups excluding carboxylic acids is 1. The summed E-state index contributed by atoms with van der Waals surface area (Å²) in [5.41, 5.74) is 0.322. The van der Waals surface area contributed by atoms with Crippen molar-refractivity contribution in [3.63, 3.8) is 0 Å². The minimum Gasteiger partial charge on any atom is -0.481 e. The Kier molecular flexibility index (Phi) is 5.64. The maximum Gasteiger partial charge on any atom is 0.313 e. The van der Waals surface area contributed by atoms with Crippen LogP contribution in [0.3, 0.4) is 0 Å². The Hall–Kier alpha value is -1.89. The highest BCUT2D eigenvalue weighted by Gasteiger charge is 2.46. The number of amides is 1. The summed E-state index contributed by atoms with van der Waals surface area (Å²) >= 11 is 0. The van der Waals surface area contributed by atoms with Crippen molar-refractivity contribution in [3.8, 4) is 0 Å². The highest BCUT2D eigenvalue weighted by Crippen LogP contribution is 2.32. The van der Waals surface area contributed by atoms with E-state index in [-0.39, 0.29) is 25.1 Å². The zero-order valence-electron chi connectivity index (χ0n) is 14.9. The van der Waals surface area contributed by atoms with Gasteiger partial charge in [0.25, 0.3) is 5.91 Å². The molecule has 1 N–H and O–H groups in total. The van der Waals surface area contributed by atoms with Gasteiger partial charge >= 0.3 is 5.97 Å². The van der Waals surface area contributed by atoms with Gasteiger partial charge in [0.2, 0.25) is 0 Å². The number of aryl methyl sites for hydroxylation is 1. The third-order valence-electron chi connectivity index (χ3n) is 4.95. The highest BCUT2D eigenvalue weighted by atomic mass is 16.5. The number of rotatable bonds is 7. The van der Waals surface area contributed by atoms with E-state index in [1.807, 2.05) is 11.6 Å². The first-order valence-electron chi connectivity index (χ1n) is 8.46. The van der Waals surface area contributed by atoms with Crippen molar-refractivity contribution in [1.82, 2.24) is 14.7 Å². The fourth-order valence-corrected chi connectivity index (χ4v) is 3.43. The molecule has 1 aromatic rings. The van der Waals surface area contributed by atoms with Gasteiger partial charge < -0.3 is 14.7 Å². The van der Waals surface area contributed by atoms with Gasteiger partial charge in [-0.3, -0.25) is 14.3 Å². The van der Waals surface area contributed by atoms with Gasteiger partial charge in [-0.25, -0.2) is 0 Å². The van der Waals surface area contributed by atoms with Gasteiger partial charge in [-0.1, -0.05) is 13.8 Å². The second kappa shape index (κ2) is 7.34. The van der Waals surface area contributed by atoms with Crippen LogP contribution in [0.2, 0.25) is 0 Å². The normalized spacial score (nSPS) is 20.8. The maximum atomic E-state index is 12.7. The summed E-state index contributed by atoms with van der Waals surface area (Å²) in [7, 11) is 1.48. The van der Waals surface area contributed by atoms with E-state index < -0.39 is 11.4 Å². The van der Waals surface area contributed by atoms with E-state index in [9.17, 15) is 14.7 Å². The van der Waals surface area contributed by atoms with Crippen LogP contribution in [0.15, 0.2) is 6.07 Å². The Morgan fingerprint density at radius 3 is 2.62 bits per heavy atom.